The third-order valence-electron chi connectivity index (χ3n) is 4.43. The first-order valence-corrected chi connectivity index (χ1v) is 10.4. The number of aryl methyl sites for hydroxylation is 1. The zero-order valence-electron chi connectivity index (χ0n) is 16.0. The molecule has 1 aromatic carbocycles. The van der Waals surface area contributed by atoms with Gasteiger partial charge in [-0.2, -0.15) is 10.4 Å². The molecule has 0 atom stereocenters. The van der Waals surface area contributed by atoms with Crippen LogP contribution in [0.3, 0.4) is 0 Å². The number of thiazole rings is 1. The highest BCUT2D eigenvalue weighted by atomic mass is 35.5. The van der Waals surface area contributed by atoms with E-state index in [0.717, 1.165) is 27.6 Å². The highest BCUT2D eigenvalue weighted by Gasteiger charge is 2.16. The molecular weight excluding hydrogens is 420 g/mol. The SMILES string of the molecule is Cc1cc(-n2ccc(-c3nccs3)n2)c(CCO)c(Nc2ccc(C#N)cc2Cl)n1. The summed E-state index contributed by atoms with van der Waals surface area (Å²) in [6.45, 7) is 1.84. The third-order valence-corrected chi connectivity index (χ3v) is 5.54. The van der Waals surface area contributed by atoms with Gasteiger partial charge in [-0.25, -0.2) is 14.6 Å². The van der Waals surface area contributed by atoms with Crippen LogP contribution < -0.4 is 5.32 Å². The van der Waals surface area contributed by atoms with Gasteiger partial charge in [-0.15, -0.1) is 11.3 Å². The van der Waals surface area contributed by atoms with Gasteiger partial charge in [0, 0.05) is 42.1 Å². The smallest absolute Gasteiger partial charge is 0.143 e. The summed E-state index contributed by atoms with van der Waals surface area (Å²) in [6.07, 6.45) is 3.99. The Morgan fingerprint density at radius 3 is 2.87 bits per heavy atom. The van der Waals surface area contributed by atoms with E-state index in [1.165, 1.54) is 11.3 Å². The zero-order chi connectivity index (χ0) is 21.1. The summed E-state index contributed by atoms with van der Waals surface area (Å²) >= 11 is 7.85. The van der Waals surface area contributed by atoms with Crippen molar-refractivity contribution in [2.24, 2.45) is 0 Å². The standard InChI is InChI=1S/C21H17ClN6OS/c1-13-10-19(28-7-4-18(27-28)21-24-6-9-30-21)15(5-8-29)20(25-13)26-17-3-2-14(12-23)11-16(17)22/h2-4,6-7,9-11,29H,5,8H2,1H3,(H,25,26). The van der Waals surface area contributed by atoms with Crippen molar-refractivity contribution in [2.45, 2.75) is 13.3 Å². The van der Waals surface area contributed by atoms with Crippen LogP contribution in [-0.2, 0) is 6.42 Å². The molecule has 3 heterocycles. The molecule has 0 saturated carbocycles. The molecule has 0 spiro atoms. The molecule has 0 saturated heterocycles. The maximum Gasteiger partial charge on any atom is 0.143 e. The first-order valence-electron chi connectivity index (χ1n) is 9.13. The molecule has 9 heteroatoms. The largest absolute Gasteiger partial charge is 0.396 e. The lowest BCUT2D eigenvalue weighted by Crippen LogP contribution is -2.09. The van der Waals surface area contributed by atoms with E-state index in [-0.39, 0.29) is 6.61 Å². The average Bonchev–Trinajstić information content (AvgIpc) is 3.43. The number of halogens is 1. The van der Waals surface area contributed by atoms with Crippen LogP contribution >= 0.6 is 22.9 Å². The van der Waals surface area contributed by atoms with Crippen LogP contribution in [0.1, 0.15) is 16.8 Å². The highest BCUT2D eigenvalue weighted by molar-refractivity contribution is 7.13. The molecule has 2 N–H and O–H groups in total. The first kappa shape index (κ1) is 20.0. The van der Waals surface area contributed by atoms with Gasteiger partial charge < -0.3 is 10.4 Å². The van der Waals surface area contributed by atoms with Gasteiger partial charge in [0.25, 0.3) is 0 Å². The van der Waals surface area contributed by atoms with Gasteiger partial charge in [0.1, 0.15) is 16.5 Å². The number of anilines is 2. The van der Waals surface area contributed by atoms with Crippen LogP contribution in [0.5, 0.6) is 0 Å². The van der Waals surface area contributed by atoms with Gasteiger partial charge >= 0.3 is 0 Å². The number of nitrogens with zero attached hydrogens (tertiary/aromatic N) is 5. The highest BCUT2D eigenvalue weighted by Crippen LogP contribution is 2.31. The van der Waals surface area contributed by atoms with Gasteiger partial charge in [0.05, 0.1) is 28.0 Å². The van der Waals surface area contributed by atoms with Crippen LogP contribution in [0.2, 0.25) is 5.02 Å². The van der Waals surface area contributed by atoms with Crippen molar-refractivity contribution in [3.05, 3.63) is 69.9 Å². The lowest BCUT2D eigenvalue weighted by Gasteiger charge is -2.17. The van der Waals surface area contributed by atoms with Crippen molar-refractivity contribution in [1.29, 1.82) is 5.26 Å². The maximum absolute atomic E-state index is 9.67. The van der Waals surface area contributed by atoms with E-state index in [2.05, 4.69) is 26.5 Å². The number of aliphatic hydroxyl groups excluding tert-OH is 1. The summed E-state index contributed by atoms with van der Waals surface area (Å²) in [5.74, 6) is 0.581. The Hall–Kier alpha value is -3.25. The second kappa shape index (κ2) is 8.63. The van der Waals surface area contributed by atoms with Crippen LogP contribution in [0, 0.1) is 18.3 Å². The molecule has 30 heavy (non-hydrogen) atoms. The number of aromatic nitrogens is 4. The Kier molecular flexibility index (Phi) is 5.77. The van der Waals surface area contributed by atoms with E-state index in [1.807, 2.05) is 30.6 Å². The predicted octanol–water partition coefficient (Wildman–Crippen LogP) is 4.50. The van der Waals surface area contributed by atoms with E-state index in [0.29, 0.717) is 28.5 Å². The summed E-state index contributed by atoms with van der Waals surface area (Å²) in [4.78, 5) is 8.92. The molecule has 4 aromatic rings. The van der Waals surface area contributed by atoms with Gasteiger partial charge in [-0.05, 0) is 37.3 Å². The molecule has 0 bridgehead atoms. The van der Waals surface area contributed by atoms with E-state index >= 15 is 0 Å². The van der Waals surface area contributed by atoms with Crippen LogP contribution in [-0.4, -0.2) is 31.5 Å². The number of hydrogen-bond acceptors (Lipinski definition) is 7. The Balaban J connectivity index is 1.77. The first-order chi connectivity index (χ1) is 14.6. The van der Waals surface area contributed by atoms with Crippen LogP contribution in [0.4, 0.5) is 11.5 Å². The quantitative estimate of drug-likeness (QED) is 0.461. The normalized spacial score (nSPS) is 10.7. The fourth-order valence-electron chi connectivity index (χ4n) is 3.08. The van der Waals surface area contributed by atoms with Crippen molar-refractivity contribution in [3.8, 4) is 22.5 Å². The van der Waals surface area contributed by atoms with E-state index in [1.54, 1.807) is 29.1 Å². The summed E-state index contributed by atoms with van der Waals surface area (Å²) in [7, 11) is 0. The Morgan fingerprint density at radius 2 is 2.17 bits per heavy atom. The molecule has 0 aliphatic carbocycles. The zero-order valence-corrected chi connectivity index (χ0v) is 17.6. The average molecular weight is 437 g/mol. The van der Waals surface area contributed by atoms with Crippen LogP contribution in [0.25, 0.3) is 16.4 Å². The topological polar surface area (TPSA) is 99.6 Å². The summed E-state index contributed by atoms with van der Waals surface area (Å²) < 4.78 is 1.77. The van der Waals surface area contributed by atoms with Gasteiger partial charge in [-0.3, -0.25) is 0 Å². The van der Waals surface area contributed by atoms with E-state index in [9.17, 15) is 5.11 Å². The fourth-order valence-corrected chi connectivity index (χ4v) is 3.91. The fraction of sp³-hybridized carbons (Fsp3) is 0.143. The monoisotopic (exact) mass is 436 g/mol. The van der Waals surface area contributed by atoms with Crippen molar-refractivity contribution in [3.63, 3.8) is 0 Å². The molecule has 0 amide bonds. The van der Waals surface area contributed by atoms with E-state index < -0.39 is 0 Å². The van der Waals surface area contributed by atoms with Crippen molar-refractivity contribution >= 4 is 34.4 Å². The lowest BCUT2D eigenvalue weighted by molar-refractivity contribution is 0.299. The Morgan fingerprint density at radius 1 is 1.30 bits per heavy atom. The number of nitrogens with one attached hydrogen (secondary N) is 1. The summed E-state index contributed by atoms with van der Waals surface area (Å²) in [6, 6.07) is 10.9. The number of pyridine rings is 1. The summed E-state index contributed by atoms with van der Waals surface area (Å²) in [5, 5.41) is 29.8. The number of hydrogen-bond donors (Lipinski definition) is 2. The number of benzene rings is 1. The molecule has 0 radical (unpaired) electrons. The molecule has 0 aliphatic rings. The third kappa shape index (κ3) is 4.04. The number of aliphatic hydroxyl groups is 1. The molecule has 150 valence electrons. The van der Waals surface area contributed by atoms with Gasteiger partial charge in [-0.1, -0.05) is 11.6 Å². The molecule has 0 fully saturated rings. The maximum atomic E-state index is 9.67. The van der Waals surface area contributed by atoms with Gasteiger partial charge in [0.15, 0.2) is 0 Å². The minimum absolute atomic E-state index is 0.0475. The molecule has 0 unspecified atom stereocenters. The molecule has 4 rings (SSSR count). The predicted molar refractivity (Wildman–Crippen MR) is 117 cm³/mol. The minimum Gasteiger partial charge on any atom is -0.396 e. The minimum atomic E-state index is -0.0475. The molecule has 0 aliphatic heterocycles. The van der Waals surface area contributed by atoms with Gasteiger partial charge in [0.2, 0.25) is 0 Å². The second-order valence-electron chi connectivity index (χ2n) is 6.50. The second-order valence-corrected chi connectivity index (χ2v) is 7.80. The molecule has 7 nitrogen and oxygen atoms in total. The number of nitriles is 1. The number of rotatable bonds is 6. The summed E-state index contributed by atoms with van der Waals surface area (Å²) in [5.41, 5.74) is 4.28. The van der Waals surface area contributed by atoms with Crippen LogP contribution in [0.15, 0.2) is 48.1 Å². The van der Waals surface area contributed by atoms with Crippen molar-refractivity contribution < 1.29 is 5.11 Å². The molecule has 3 aromatic heterocycles. The Bertz CT molecular complexity index is 1230. The van der Waals surface area contributed by atoms with Crippen molar-refractivity contribution in [1.82, 2.24) is 19.7 Å². The lowest BCUT2D eigenvalue weighted by atomic mass is 10.1. The Labute approximate surface area is 182 Å². The van der Waals surface area contributed by atoms with Crippen molar-refractivity contribution in [2.75, 3.05) is 11.9 Å². The van der Waals surface area contributed by atoms with E-state index in [4.69, 9.17) is 16.9 Å². The molecular formula is C21H17ClN6OS.